The topological polar surface area (TPSA) is 9.23 Å². The number of unbranched alkanes of at least 4 members (excludes halogenated alkanes) is 4. The Bertz CT molecular complexity index is 1350. The molecule has 0 atom stereocenters. The van der Waals surface area contributed by atoms with Gasteiger partial charge in [-0.2, -0.15) is 0 Å². The Morgan fingerprint density at radius 1 is 0.676 bits per heavy atom. The molecule has 0 radical (unpaired) electrons. The van der Waals surface area contributed by atoms with Gasteiger partial charge in [-0.05, 0) is 52.6 Å². The zero-order valence-corrected chi connectivity index (χ0v) is 20.3. The molecule has 0 spiro atoms. The molecule has 0 saturated heterocycles. The van der Waals surface area contributed by atoms with Crippen molar-refractivity contribution in [3.63, 3.8) is 0 Å². The molecular weight excluding hydrogens is 490 g/mol. The van der Waals surface area contributed by atoms with Crippen LogP contribution in [0.5, 0.6) is 5.75 Å². The number of ether oxygens (including phenoxy) is 1. The van der Waals surface area contributed by atoms with Crippen LogP contribution in [0, 0.1) is 17.5 Å². The Kier molecular flexibility index (Phi) is 8.10. The highest BCUT2D eigenvalue weighted by Gasteiger charge is 2.34. The Morgan fingerprint density at radius 2 is 1.32 bits per heavy atom. The van der Waals surface area contributed by atoms with E-state index in [-0.39, 0.29) is 11.4 Å². The highest BCUT2D eigenvalue weighted by molar-refractivity contribution is 5.89. The van der Waals surface area contributed by atoms with E-state index in [9.17, 15) is 22.0 Å². The van der Waals surface area contributed by atoms with Crippen molar-refractivity contribution in [2.75, 3.05) is 0 Å². The Labute approximate surface area is 211 Å². The van der Waals surface area contributed by atoms with E-state index in [2.05, 4.69) is 11.7 Å². The van der Waals surface area contributed by atoms with Gasteiger partial charge in [0.1, 0.15) is 5.82 Å². The lowest BCUT2D eigenvalue weighted by Gasteiger charge is -2.12. The quantitative estimate of drug-likeness (QED) is 0.159. The molecule has 4 aromatic carbocycles. The van der Waals surface area contributed by atoms with Gasteiger partial charge in [0, 0.05) is 10.9 Å². The van der Waals surface area contributed by atoms with Gasteiger partial charge in [-0.15, -0.1) is 13.2 Å². The standard InChI is InChI=1S/C30H26F6O/c1-2-3-4-5-6-7-19-8-14-25-22(16-19)13-15-24(28(25)33)21-11-9-20(10-12-21)23-17-26(31)29(27(32)18-23)37-30(34,35)36/h8-18H,2-7H2,1H3. The van der Waals surface area contributed by atoms with E-state index in [1.54, 1.807) is 24.3 Å². The first kappa shape index (κ1) is 26.6. The molecule has 4 aromatic rings. The number of rotatable bonds is 9. The molecule has 0 bridgehead atoms. The molecular formula is C30H26F6O. The van der Waals surface area contributed by atoms with E-state index in [1.165, 1.54) is 43.4 Å². The molecule has 0 fully saturated rings. The van der Waals surface area contributed by atoms with Gasteiger partial charge >= 0.3 is 6.36 Å². The summed E-state index contributed by atoms with van der Waals surface area (Å²) in [7, 11) is 0. The number of alkyl halides is 3. The number of aryl methyl sites for hydroxylation is 1. The molecule has 0 aliphatic carbocycles. The predicted molar refractivity (Wildman–Crippen MR) is 134 cm³/mol. The fourth-order valence-electron chi connectivity index (χ4n) is 4.43. The van der Waals surface area contributed by atoms with E-state index >= 15 is 4.39 Å². The maximum atomic E-state index is 15.4. The molecule has 0 N–H and O–H groups in total. The van der Waals surface area contributed by atoms with Crippen molar-refractivity contribution in [2.24, 2.45) is 0 Å². The highest BCUT2D eigenvalue weighted by Crippen LogP contribution is 2.35. The third kappa shape index (κ3) is 6.45. The molecule has 0 aromatic heterocycles. The number of halogens is 6. The second-order valence-corrected chi connectivity index (χ2v) is 9.04. The lowest BCUT2D eigenvalue weighted by atomic mass is 9.96. The van der Waals surface area contributed by atoms with Crippen LogP contribution in [0.2, 0.25) is 0 Å². The zero-order chi connectivity index (χ0) is 26.6. The van der Waals surface area contributed by atoms with Crippen LogP contribution >= 0.6 is 0 Å². The first-order valence-electron chi connectivity index (χ1n) is 12.2. The van der Waals surface area contributed by atoms with Crippen molar-refractivity contribution in [1.29, 1.82) is 0 Å². The first-order valence-corrected chi connectivity index (χ1v) is 12.2. The maximum Gasteiger partial charge on any atom is 0.573 e. The van der Waals surface area contributed by atoms with Crippen molar-refractivity contribution in [3.05, 3.63) is 89.7 Å². The Hall–Kier alpha value is -3.48. The summed E-state index contributed by atoms with van der Waals surface area (Å²) in [5, 5.41) is 1.32. The van der Waals surface area contributed by atoms with Gasteiger partial charge in [0.25, 0.3) is 0 Å². The number of hydrogen-bond donors (Lipinski definition) is 0. The summed E-state index contributed by atoms with van der Waals surface area (Å²) in [5.74, 6) is -4.83. The second kappa shape index (κ2) is 11.3. The average molecular weight is 517 g/mol. The SMILES string of the molecule is CCCCCCCc1ccc2c(F)c(-c3ccc(-c4cc(F)c(OC(F)(F)F)c(F)c4)cc3)ccc2c1. The van der Waals surface area contributed by atoms with E-state index in [0.717, 1.165) is 30.4 Å². The summed E-state index contributed by atoms with van der Waals surface area (Å²) in [6.07, 6.45) is 1.68. The van der Waals surface area contributed by atoms with Crippen LogP contribution in [-0.4, -0.2) is 6.36 Å². The normalized spacial score (nSPS) is 11.8. The van der Waals surface area contributed by atoms with Crippen LogP contribution in [-0.2, 0) is 6.42 Å². The zero-order valence-electron chi connectivity index (χ0n) is 20.3. The first-order chi connectivity index (χ1) is 17.7. The molecule has 4 rings (SSSR count). The van der Waals surface area contributed by atoms with Crippen LogP contribution in [0.25, 0.3) is 33.0 Å². The molecule has 0 amide bonds. The second-order valence-electron chi connectivity index (χ2n) is 9.04. The number of benzene rings is 4. The highest BCUT2D eigenvalue weighted by atomic mass is 19.4. The van der Waals surface area contributed by atoms with E-state index < -0.39 is 23.7 Å². The van der Waals surface area contributed by atoms with Gasteiger partial charge in [0.2, 0.25) is 5.75 Å². The fourth-order valence-corrected chi connectivity index (χ4v) is 4.43. The monoisotopic (exact) mass is 516 g/mol. The van der Waals surface area contributed by atoms with Crippen LogP contribution in [0.3, 0.4) is 0 Å². The van der Waals surface area contributed by atoms with Crippen molar-refractivity contribution < 1.29 is 31.1 Å². The molecule has 0 aliphatic heterocycles. The molecule has 7 heteroatoms. The number of fused-ring (bicyclic) bond motifs is 1. The summed E-state index contributed by atoms with van der Waals surface area (Å²) in [4.78, 5) is 0. The van der Waals surface area contributed by atoms with E-state index in [4.69, 9.17) is 0 Å². The van der Waals surface area contributed by atoms with E-state index in [1.807, 2.05) is 18.2 Å². The molecule has 0 saturated carbocycles. The minimum absolute atomic E-state index is 0.0253. The van der Waals surface area contributed by atoms with Crippen molar-refractivity contribution in [2.45, 2.75) is 51.8 Å². The molecule has 37 heavy (non-hydrogen) atoms. The van der Waals surface area contributed by atoms with Crippen LogP contribution < -0.4 is 4.74 Å². The minimum Gasteiger partial charge on any atom is -0.399 e. The third-order valence-electron chi connectivity index (χ3n) is 6.33. The smallest absolute Gasteiger partial charge is 0.399 e. The summed E-state index contributed by atoms with van der Waals surface area (Å²) in [6.45, 7) is 2.18. The van der Waals surface area contributed by atoms with Gasteiger partial charge in [-0.1, -0.05) is 87.2 Å². The van der Waals surface area contributed by atoms with Gasteiger partial charge in [-0.25, -0.2) is 13.2 Å². The minimum atomic E-state index is -5.22. The van der Waals surface area contributed by atoms with Gasteiger partial charge < -0.3 is 4.74 Å². The summed E-state index contributed by atoms with van der Waals surface area (Å²) < 4.78 is 84.2. The summed E-state index contributed by atoms with van der Waals surface area (Å²) in [5.41, 5.74) is 2.48. The Morgan fingerprint density at radius 3 is 1.97 bits per heavy atom. The van der Waals surface area contributed by atoms with Crippen molar-refractivity contribution >= 4 is 10.8 Å². The van der Waals surface area contributed by atoms with Crippen LogP contribution in [0.15, 0.2) is 66.7 Å². The number of hydrogen-bond acceptors (Lipinski definition) is 1. The van der Waals surface area contributed by atoms with Crippen molar-refractivity contribution in [1.82, 2.24) is 0 Å². The van der Waals surface area contributed by atoms with Gasteiger partial charge in [0.05, 0.1) is 0 Å². The summed E-state index contributed by atoms with van der Waals surface area (Å²) >= 11 is 0. The van der Waals surface area contributed by atoms with Crippen LogP contribution in [0.4, 0.5) is 26.3 Å². The lowest BCUT2D eigenvalue weighted by Crippen LogP contribution is -2.19. The lowest BCUT2D eigenvalue weighted by molar-refractivity contribution is -0.276. The third-order valence-corrected chi connectivity index (χ3v) is 6.33. The van der Waals surface area contributed by atoms with E-state index in [0.29, 0.717) is 22.1 Å². The Balaban J connectivity index is 1.54. The predicted octanol–water partition coefficient (Wildman–Crippen LogP) is 10.0. The molecule has 1 nitrogen and oxygen atoms in total. The van der Waals surface area contributed by atoms with Gasteiger partial charge in [-0.3, -0.25) is 0 Å². The summed E-state index contributed by atoms with van der Waals surface area (Å²) in [6, 6.07) is 17.1. The molecule has 0 unspecified atom stereocenters. The molecule has 194 valence electrons. The van der Waals surface area contributed by atoms with Crippen LogP contribution in [0.1, 0.15) is 44.6 Å². The van der Waals surface area contributed by atoms with Gasteiger partial charge in [0.15, 0.2) is 11.6 Å². The molecule has 0 heterocycles. The van der Waals surface area contributed by atoms with Crippen molar-refractivity contribution in [3.8, 4) is 28.0 Å². The maximum absolute atomic E-state index is 15.4. The molecule has 0 aliphatic rings. The fraction of sp³-hybridized carbons (Fsp3) is 0.267. The average Bonchev–Trinajstić information content (AvgIpc) is 2.86. The largest absolute Gasteiger partial charge is 0.573 e.